The molecule has 0 aliphatic rings. The average Bonchev–Trinajstić information content (AvgIpc) is 2.73. The lowest BCUT2D eigenvalue weighted by molar-refractivity contribution is 0.415. The Morgan fingerprint density at radius 1 is 1.37 bits per heavy atom. The van der Waals surface area contributed by atoms with Gasteiger partial charge in [0, 0.05) is 25.6 Å². The van der Waals surface area contributed by atoms with Crippen LogP contribution in [0.15, 0.2) is 18.2 Å². The highest BCUT2D eigenvalue weighted by Gasteiger charge is 2.12. The lowest BCUT2D eigenvalue weighted by Gasteiger charge is -2.11. The third kappa shape index (κ3) is 3.07. The Morgan fingerprint density at radius 2 is 2.16 bits per heavy atom. The third-order valence-corrected chi connectivity index (χ3v) is 3.18. The van der Waals surface area contributed by atoms with Crippen LogP contribution in [0, 0.1) is 5.92 Å². The molecule has 4 nitrogen and oxygen atoms in total. The number of benzene rings is 1. The fraction of sp³-hybridized carbons (Fsp3) is 0.533. The van der Waals surface area contributed by atoms with E-state index in [2.05, 4.69) is 29.8 Å². The van der Waals surface area contributed by atoms with Gasteiger partial charge in [0.05, 0.1) is 18.1 Å². The molecule has 1 aromatic heterocycles. The number of imidazole rings is 1. The average molecular weight is 261 g/mol. The Morgan fingerprint density at radius 3 is 2.79 bits per heavy atom. The molecule has 0 bridgehead atoms. The SMILES string of the molecule is CNCCc1nc2cc(OC)ccc2n1CC(C)C. The van der Waals surface area contributed by atoms with E-state index in [1.54, 1.807) is 7.11 Å². The zero-order valence-electron chi connectivity index (χ0n) is 12.2. The molecule has 104 valence electrons. The van der Waals surface area contributed by atoms with Gasteiger partial charge in [-0.25, -0.2) is 4.98 Å². The number of fused-ring (bicyclic) bond motifs is 1. The Bertz CT molecular complexity index is 546. The number of hydrogen-bond donors (Lipinski definition) is 1. The van der Waals surface area contributed by atoms with E-state index in [0.717, 1.165) is 36.6 Å². The van der Waals surface area contributed by atoms with Gasteiger partial charge in [0.25, 0.3) is 0 Å². The first-order valence-electron chi connectivity index (χ1n) is 6.83. The summed E-state index contributed by atoms with van der Waals surface area (Å²) in [6.45, 7) is 6.41. The predicted octanol–water partition coefficient (Wildman–Crippen LogP) is 2.46. The molecule has 0 radical (unpaired) electrons. The lowest BCUT2D eigenvalue weighted by Crippen LogP contribution is -2.15. The highest BCUT2D eigenvalue weighted by Crippen LogP contribution is 2.23. The van der Waals surface area contributed by atoms with Crippen LogP contribution in [0.5, 0.6) is 5.75 Å². The molecular weight excluding hydrogens is 238 g/mol. The normalized spacial score (nSPS) is 11.4. The molecule has 2 rings (SSSR count). The van der Waals surface area contributed by atoms with E-state index in [1.807, 2.05) is 19.2 Å². The van der Waals surface area contributed by atoms with Crippen molar-refractivity contribution in [3.05, 3.63) is 24.0 Å². The van der Waals surface area contributed by atoms with E-state index in [1.165, 1.54) is 5.52 Å². The number of nitrogens with one attached hydrogen (secondary N) is 1. The summed E-state index contributed by atoms with van der Waals surface area (Å²) in [5.74, 6) is 2.61. The van der Waals surface area contributed by atoms with Crippen molar-refractivity contribution in [1.82, 2.24) is 14.9 Å². The monoisotopic (exact) mass is 261 g/mol. The van der Waals surface area contributed by atoms with Crippen LogP contribution in [-0.4, -0.2) is 30.3 Å². The van der Waals surface area contributed by atoms with Crippen molar-refractivity contribution in [2.75, 3.05) is 20.7 Å². The fourth-order valence-electron chi connectivity index (χ4n) is 2.28. The van der Waals surface area contributed by atoms with Gasteiger partial charge in [-0.05, 0) is 25.1 Å². The Hall–Kier alpha value is -1.55. The van der Waals surface area contributed by atoms with Crippen molar-refractivity contribution in [1.29, 1.82) is 0 Å². The van der Waals surface area contributed by atoms with Gasteiger partial charge in [0.15, 0.2) is 0 Å². The molecule has 4 heteroatoms. The first kappa shape index (κ1) is 13.9. The Kier molecular flexibility index (Phi) is 4.43. The molecule has 0 unspecified atom stereocenters. The van der Waals surface area contributed by atoms with Gasteiger partial charge < -0.3 is 14.6 Å². The van der Waals surface area contributed by atoms with Gasteiger partial charge in [-0.3, -0.25) is 0 Å². The van der Waals surface area contributed by atoms with Crippen molar-refractivity contribution in [3.8, 4) is 5.75 Å². The first-order valence-corrected chi connectivity index (χ1v) is 6.83. The minimum Gasteiger partial charge on any atom is -0.497 e. The van der Waals surface area contributed by atoms with E-state index in [0.29, 0.717) is 5.92 Å². The quantitative estimate of drug-likeness (QED) is 0.868. The van der Waals surface area contributed by atoms with Gasteiger partial charge in [-0.15, -0.1) is 0 Å². The maximum absolute atomic E-state index is 5.27. The summed E-state index contributed by atoms with van der Waals surface area (Å²) in [4.78, 5) is 4.75. The molecular formula is C15H23N3O. The molecule has 0 atom stereocenters. The number of nitrogens with zero attached hydrogens (tertiary/aromatic N) is 2. The number of rotatable bonds is 6. The summed E-state index contributed by atoms with van der Waals surface area (Å²) in [5, 5.41) is 3.19. The van der Waals surface area contributed by atoms with Gasteiger partial charge >= 0.3 is 0 Å². The molecule has 1 N–H and O–H groups in total. The number of methoxy groups -OCH3 is 1. The molecule has 0 spiro atoms. The first-order chi connectivity index (χ1) is 9.15. The van der Waals surface area contributed by atoms with Gasteiger partial charge in [0.2, 0.25) is 0 Å². The van der Waals surface area contributed by atoms with Crippen molar-refractivity contribution in [2.24, 2.45) is 5.92 Å². The van der Waals surface area contributed by atoms with Crippen LogP contribution in [0.4, 0.5) is 0 Å². The van der Waals surface area contributed by atoms with Crippen LogP contribution >= 0.6 is 0 Å². The fourth-order valence-corrected chi connectivity index (χ4v) is 2.28. The second kappa shape index (κ2) is 6.06. The smallest absolute Gasteiger partial charge is 0.121 e. The zero-order chi connectivity index (χ0) is 13.8. The number of ether oxygens (including phenoxy) is 1. The number of likely N-dealkylation sites (N-methyl/N-ethyl adjacent to an activating group) is 1. The van der Waals surface area contributed by atoms with Crippen molar-refractivity contribution < 1.29 is 4.74 Å². The molecule has 1 heterocycles. The maximum Gasteiger partial charge on any atom is 0.121 e. The summed E-state index contributed by atoms with van der Waals surface area (Å²) in [5.41, 5.74) is 2.21. The molecule has 1 aromatic carbocycles. The summed E-state index contributed by atoms with van der Waals surface area (Å²) in [7, 11) is 3.66. The standard InChI is InChI=1S/C15H23N3O/c1-11(2)10-18-14-6-5-12(19-4)9-13(14)17-15(18)7-8-16-3/h5-6,9,11,16H,7-8,10H2,1-4H3. The van der Waals surface area contributed by atoms with Crippen LogP contribution in [0.2, 0.25) is 0 Å². The van der Waals surface area contributed by atoms with Crippen LogP contribution in [-0.2, 0) is 13.0 Å². The van der Waals surface area contributed by atoms with E-state index in [-0.39, 0.29) is 0 Å². The van der Waals surface area contributed by atoms with Gasteiger partial charge in [0.1, 0.15) is 11.6 Å². The van der Waals surface area contributed by atoms with Gasteiger partial charge in [-0.1, -0.05) is 13.8 Å². The Labute approximate surface area is 114 Å². The largest absolute Gasteiger partial charge is 0.497 e. The van der Waals surface area contributed by atoms with Crippen molar-refractivity contribution in [3.63, 3.8) is 0 Å². The van der Waals surface area contributed by atoms with Crippen molar-refractivity contribution in [2.45, 2.75) is 26.8 Å². The third-order valence-electron chi connectivity index (χ3n) is 3.18. The minimum atomic E-state index is 0.604. The molecule has 0 saturated carbocycles. The van der Waals surface area contributed by atoms with Gasteiger partial charge in [-0.2, -0.15) is 0 Å². The van der Waals surface area contributed by atoms with Crippen molar-refractivity contribution >= 4 is 11.0 Å². The second-order valence-electron chi connectivity index (χ2n) is 5.24. The zero-order valence-corrected chi connectivity index (χ0v) is 12.2. The topological polar surface area (TPSA) is 39.1 Å². The summed E-state index contributed by atoms with van der Waals surface area (Å²) in [6, 6.07) is 6.12. The number of hydrogen-bond acceptors (Lipinski definition) is 3. The number of aromatic nitrogens is 2. The summed E-state index contributed by atoms with van der Waals surface area (Å²) < 4.78 is 7.60. The highest BCUT2D eigenvalue weighted by molar-refractivity contribution is 5.77. The minimum absolute atomic E-state index is 0.604. The van der Waals surface area contributed by atoms with E-state index in [9.17, 15) is 0 Å². The van der Waals surface area contributed by atoms with Crippen LogP contribution in [0.25, 0.3) is 11.0 Å². The molecule has 0 saturated heterocycles. The molecule has 0 aliphatic carbocycles. The van der Waals surface area contributed by atoms with E-state index < -0.39 is 0 Å². The van der Waals surface area contributed by atoms with Crippen LogP contribution < -0.4 is 10.1 Å². The predicted molar refractivity (Wildman–Crippen MR) is 78.8 cm³/mol. The second-order valence-corrected chi connectivity index (χ2v) is 5.24. The van der Waals surface area contributed by atoms with Crippen LogP contribution in [0.3, 0.4) is 0 Å². The molecule has 19 heavy (non-hydrogen) atoms. The molecule has 0 aliphatic heterocycles. The van der Waals surface area contributed by atoms with E-state index >= 15 is 0 Å². The highest BCUT2D eigenvalue weighted by atomic mass is 16.5. The molecule has 0 fully saturated rings. The molecule has 2 aromatic rings. The maximum atomic E-state index is 5.27. The lowest BCUT2D eigenvalue weighted by atomic mass is 10.2. The summed E-state index contributed by atoms with van der Waals surface area (Å²) >= 11 is 0. The van der Waals surface area contributed by atoms with E-state index in [4.69, 9.17) is 9.72 Å². The Balaban J connectivity index is 2.45. The molecule has 0 amide bonds. The van der Waals surface area contributed by atoms with Crippen LogP contribution in [0.1, 0.15) is 19.7 Å². The summed E-state index contributed by atoms with van der Waals surface area (Å²) in [6.07, 6.45) is 0.945.